The van der Waals surface area contributed by atoms with Crippen molar-refractivity contribution in [2.75, 3.05) is 20.2 Å². The molecule has 0 bridgehead atoms. The molecule has 2 aromatic rings. The van der Waals surface area contributed by atoms with Crippen molar-refractivity contribution in [3.05, 3.63) is 41.6 Å². The summed E-state index contributed by atoms with van der Waals surface area (Å²) < 4.78 is 5.63. The minimum atomic E-state index is 0.496. The summed E-state index contributed by atoms with van der Waals surface area (Å²) in [6.07, 6.45) is 3.55. The summed E-state index contributed by atoms with van der Waals surface area (Å²) in [6.45, 7) is 11.2. The summed E-state index contributed by atoms with van der Waals surface area (Å²) in [5.41, 5.74) is 5.45. The predicted octanol–water partition coefficient (Wildman–Crippen LogP) is 4.70. The van der Waals surface area contributed by atoms with Crippen LogP contribution in [0.15, 0.2) is 30.4 Å². The van der Waals surface area contributed by atoms with Crippen molar-refractivity contribution in [1.82, 2.24) is 9.88 Å². The number of hydrogen-bond acceptors (Lipinski definition) is 2. The van der Waals surface area contributed by atoms with Gasteiger partial charge >= 0.3 is 0 Å². The zero-order chi connectivity index (χ0) is 16.8. The number of fused-ring (bicyclic) bond motifs is 5. The third-order valence-corrected chi connectivity index (χ3v) is 6.24. The number of nitrogens with zero attached hydrogens (tertiary/aromatic N) is 1. The zero-order valence-corrected chi connectivity index (χ0v) is 15.1. The number of piperidine rings is 1. The molecule has 0 amide bonds. The van der Waals surface area contributed by atoms with Gasteiger partial charge < -0.3 is 9.72 Å². The first-order valence-electron chi connectivity index (χ1n) is 9.20. The summed E-state index contributed by atoms with van der Waals surface area (Å²) in [5, 5.41) is 1.29. The second-order valence-electron chi connectivity index (χ2n) is 7.52. The summed E-state index contributed by atoms with van der Waals surface area (Å²) in [5.74, 6) is 2.38. The molecule has 3 atom stereocenters. The van der Waals surface area contributed by atoms with Gasteiger partial charge in [-0.25, -0.2) is 0 Å². The summed E-state index contributed by atoms with van der Waals surface area (Å²) in [6, 6.07) is 6.82. The van der Waals surface area contributed by atoms with Crippen LogP contribution in [0, 0.1) is 11.8 Å². The molecule has 0 radical (unpaired) electrons. The topological polar surface area (TPSA) is 28.3 Å². The highest BCUT2D eigenvalue weighted by molar-refractivity contribution is 5.91. The quantitative estimate of drug-likeness (QED) is 0.829. The van der Waals surface area contributed by atoms with Crippen molar-refractivity contribution in [3.63, 3.8) is 0 Å². The highest BCUT2D eigenvalue weighted by atomic mass is 16.5. The van der Waals surface area contributed by atoms with E-state index in [-0.39, 0.29) is 0 Å². The van der Waals surface area contributed by atoms with Crippen molar-refractivity contribution in [1.29, 1.82) is 0 Å². The molecule has 24 heavy (non-hydrogen) atoms. The Morgan fingerprint density at radius 2 is 2.25 bits per heavy atom. The van der Waals surface area contributed by atoms with E-state index in [4.69, 9.17) is 4.74 Å². The van der Waals surface area contributed by atoms with Crippen LogP contribution in [0.3, 0.4) is 0 Å². The third kappa shape index (κ3) is 2.29. The molecule has 0 unspecified atom stereocenters. The third-order valence-electron chi connectivity index (χ3n) is 6.24. The van der Waals surface area contributed by atoms with E-state index >= 15 is 0 Å². The highest BCUT2D eigenvalue weighted by Crippen LogP contribution is 2.46. The summed E-state index contributed by atoms with van der Waals surface area (Å²) >= 11 is 0. The minimum Gasteiger partial charge on any atom is -0.496 e. The second-order valence-corrected chi connectivity index (χ2v) is 7.52. The SMILES string of the molecule is C=C(C)[C@H]1C[C@H]2c3[nH]c4cccc(OC)c4c3CCN2C[C@H]1CC. The Balaban J connectivity index is 1.79. The molecule has 2 aliphatic heterocycles. The molecule has 128 valence electrons. The molecule has 0 spiro atoms. The predicted molar refractivity (Wildman–Crippen MR) is 99.6 cm³/mol. The van der Waals surface area contributed by atoms with Crippen LogP contribution in [0.4, 0.5) is 0 Å². The summed E-state index contributed by atoms with van der Waals surface area (Å²) in [4.78, 5) is 6.42. The Labute approximate surface area is 144 Å². The molecule has 1 fully saturated rings. The normalized spacial score (nSPS) is 26.9. The number of benzene rings is 1. The van der Waals surface area contributed by atoms with E-state index < -0.39 is 0 Å². The lowest BCUT2D eigenvalue weighted by molar-refractivity contribution is 0.0639. The van der Waals surface area contributed by atoms with Gasteiger partial charge in [0.15, 0.2) is 0 Å². The number of methoxy groups -OCH3 is 1. The Hall–Kier alpha value is -1.74. The fraction of sp³-hybridized carbons (Fsp3) is 0.524. The number of aromatic nitrogens is 1. The number of H-pyrrole nitrogens is 1. The van der Waals surface area contributed by atoms with Crippen molar-refractivity contribution >= 4 is 10.9 Å². The number of hydrogen-bond donors (Lipinski definition) is 1. The Kier molecular flexibility index (Phi) is 3.92. The van der Waals surface area contributed by atoms with Crippen LogP contribution in [0.5, 0.6) is 5.75 Å². The molecule has 0 aliphatic carbocycles. The van der Waals surface area contributed by atoms with Crippen LogP contribution < -0.4 is 4.74 Å². The van der Waals surface area contributed by atoms with Gasteiger partial charge in [0.2, 0.25) is 0 Å². The van der Waals surface area contributed by atoms with Gasteiger partial charge in [0.1, 0.15) is 5.75 Å². The van der Waals surface area contributed by atoms with Crippen molar-refractivity contribution in [3.8, 4) is 5.75 Å². The lowest BCUT2D eigenvalue weighted by Gasteiger charge is -2.46. The molecule has 1 aromatic carbocycles. The molecule has 4 rings (SSSR count). The van der Waals surface area contributed by atoms with Crippen molar-refractivity contribution in [2.45, 2.75) is 39.2 Å². The van der Waals surface area contributed by atoms with Crippen LogP contribution >= 0.6 is 0 Å². The van der Waals surface area contributed by atoms with Crippen LogP contribution in [0.2, 0.25) is 0 Å². The lowest BCUT2D eigenvalue weighted by atomic mass is 9.74. The Morgan fingerprint density at radius 1 is 1.42 bits per heavy atom. The van der Waals surface area contributed by atoms with Crippen LogP contribution in [0.1, 0.15) is 44.0 Å². The fourth-order valence-electron chi connectivity index (χ4n) is 4.97. The number of nitrogens with one attached hydrogen (secondary N) is 1. The van der Waals surface area contributed by atoms with Crippen LogP contribution in [-0.2, 0) is 6.42 Å². The van der Waals surface area contributed by atoms with E-state index in [1.807, 2.05) is 0 Å². The minimum absolute atomic E-state index is 0.496. The van der Waals surface area contributed by atoms with E-state index in [0.29, 0.717) is 12.0 Å². The van der Waals surface area contributed by atoms with Crippen molar-refractivity contribution in [2.24, 2.45) is 11.8 Å². The van der Waals surface area contributed by atoms with E-state index in [2.05, 4.69) is 48.5 Å². The average molecular weight is 324 g/mol. The molecule has 3 heteroatoms. The molecular formula is C21H28N2O. The molecule has 3 nitrogen and oxygen atoms in total. The van der Waals surface area contributed by atoms with Gasteiger partial charge in [-0.05, 0) is 49.3 Å². The molecule has 1 N–H and O–H groups in total. The van der Waals surface area contributed by atoms with Gasteiger partial charge in [-0.15, -0.1) is 0 Å². The fourth-order valence-corrected chi connectivity index (χ4v) is 4.97. The molecular weight excluding hydrogens is 296 g/mol. The molecule has 0 saturated carbocycles. The largest absolute Gasteiger partial charge is 0.496 e. The van der Waals surface area contributed by atoms with E-state index in [0.717, 1.165) is 24.6 Å². The standard InChI is InChI=1S/C21H28N2O/c1-5-14-12-23-10-9-15-20-17(7-6-8-19(20)24-4)22-21(15)18(23)11-16(14)13(2)3/h6-8,14,16,18,22H,2,5,9-12H2,1,3-4H3/t14-,16-,18+/m1/s1. The van der Waals surface area contributed by atoms with Crippen LogP contribution in [0.25, 0.3) is 10.9 Å². The van der Waals surface area contributed by atoms with Gasteiger partial charge in [-0.2, -0.15) is 0 Å². The highest BCUT2D eigenvalue weighted by Gasteiger charge is 2.39. The van der Waals surface area contributed by atoms with Gasteiger partial charge in [0, 0.05) is 29.7 Å². The Morgan fingerprint density at radius 3 is 2.96 bits per heavy atom. The number of rotatable bonds is 3. The monoisotopic (exact) mass is 324 g/mol. The maximum Gasteiger partial charge on any atom is 0.128 e. The smallest absolute Gasteiger partial charge is 0.128 e. The van der Waals surface area contributed by atoms with Crippen molar-refractivity contribution < 1.29 is 4.74 Å². The van der Waals surface area contributed by atoms with E-state index in [1.54, 1.807) is 7.11 Å². The number of ether oxygens (including phenoxy) is 1. The first-order chi connectivity index (χ1) is 11.6. The average Bonchev–Trinajstić information content (AvgIpc) is 2.99. The maximum absolute atomic E-state index is 5.63. The number of aromatic amines is 1. The van der Waals surface area contributed by atoms with E-state index in [9.17, 15) is 0 Å². The first kappa shape index (κ1) is 15.8. The lowest BCUT2D eigenvalue weighted by Crippen LogP contribution is -2.46. The molecule has 2 aliphatic rings. The molecule has 3 heterocycles. The molecule has 1 saturated heterocycles. The Bertz CT molecular complexity index is 775. The second kappa shape index (κ2) is 5.96. The zero-order valence-electron chi connectivity index (χ0n) is 15.1. The van der Waals surface area contributed by atoms with Gasteiger partial charge in [-0.3, -0.25) is 4.90 Å². The number of allylic oxidation sites excluding steroid dienone is 1. The molecule has 1 aromatic heterocycles. The van der Waals surface area contributed by atoms with Gasteiger partial charge in [0.05, 0.1) is 13.2 Å². The van der Waals surface area contributed by atoms with Gasteiger partial charge in [-0.1, -0.05) is 31.6 Å². The van der Waals surface area contributed by atoms with Crippen LogP contribution in [-0.4, -0.2) is 30.1 Å². The van der Waals surface area contributed by atoms with E-state index in [1.165, 1.54) is 47.1 Å². The van der Waals surface area contributed by atoms with Gasteiger partial charge in [0.25, 0.3) is 0 Å². The maximum atomic E-state index is 5.63. The summed E-state index contributed by atoms with van der Waals surface area (Å²) in [7, 11) is 1.77. The first-order valence-corrected chi connectivity index (χ1v) is 9.20.